The Morgan fingerprint density at radius 1 is 1.14 bits per heavy atom. The normalized spacial score (nSPS) is 13.6. The van der Waals surface area contributed by atoms with Gasteiger partial charge in [0.05, 0.1) is 0 Å². The van der Waals surface area contributed by atoms with Crippen LogP contribution in [0.2, 0.25) is 0 Å². The number of carbonyl (C=O) groups is 1. The average Bonchev–Trinajstić information content (AvgIpc) is 2.96. The zero-order chi connectivity index (χ0) is 14.6. The quantitative estimate of drug-likeness (QED) is 0.451. The number of fused-ring (bicyclic) bond motifs is 2. The first-order valence-electron chi connectivity index (χ1n) is 6.29. The molecular formula is C16H8INO2Se. The molecule has 3 nitrogen and oxygen atoms in total. The Bertz CT molecular complexity index is 1040. The van der Waals surface area contributed by atoms with Gasteiger partial charge in [0.15, 0.2) is 0 Å². The molecule has 102 valence electrons. The number of rotatable bonds is 1. The van der Waals surface area contributed by atoms with Gasteiger partial charge in [0.1, 0.15) is 0 Å². The SMILES string of the molecule is O=C1N=c2ccc(I)cc2=C1c1[se]c2ccccc2c1O. The molecule has 1 aliphatic rings. The van der Waals surface area contributed by atoms with Crippen LogP contribution in [0.3, 0.4) is 0 Å². The minimum atomic E-state index is -0.247. The molecule has 0 unspecified atom stereocenters. The summed E-state index contributed by atoms with van der Waals surface area (Å²) in [6.07, 6.45) is 0. The van der Waals surface area contributed by atoms with E-state index in [1.54, 1.807) is 0 Å². The van der Waals surface area contributed by atoms with Crippen LogP contribution in [0.4, 0.5) is 0 Å². The fraction of sp³-hybridized carbons (Fsp3) is 0. The molecule has 21 heavy (non-hydrogen) atoms. The molecule has 0 bridgehead atoms. The summed E-state index contributed by atoms with van der Waals surface area (Å²) >= 11 is 2.15. The van der Waals surface area contributed by atoms with Gasteiger partial charge in [-0.25, -0.2) is 0 Å². The zero-order valence-electron chi connectivity index (χ0n) is 10.6. The number of carbonyl (C=O) groups excluding carboxylic acids is 1. The number of amides is 1. The van der Waals surface area contributed by atoms with Gasteiger partial charge < -0.3 is 0 Å². The van der Waals surface area contributed by atoms with Crippen molar-refractivity contribution in [3.63, 3.8) is 0 Å². The van der Waals surface area contributed by atoms with E-state index in [1.807, 2.05) is 42.5 Å². The first-order valence-corrected chi connectivity index (χ1v) is 9.08. The molecule has 0 saturated heterocycles. The Morgan fingerprint density at radius 2 is 1.95 bits per heavy atom. The number of nitrogens with zero attached hydrogens (tertiary/aromatic N) is 1. The average molecular weight is 452 g/mol. The maximum atomic E-state index is 12.3. The standard InChI is InChI=1S/C16H8INO2Se/c17-8-5-6-11-10(7-8)13(16(20)18-11)15-14(19)9-3-1-2-4-12(9)21-15/h1-7,19H. The summed E-state index contributed by atoms with van der Waals surface area (Å²) in [5.74, 6) is -0.0147. The van der Waals surface area contributed by atoms with Crippen molar-refractivity contribution in [3.8, 4) is 5.75 Å². The van der Waals surface area contributed by atoms with E-state index in [2.05, 4.69) is 27.6 Å². The van der Waals surface area contributed by atoms with Gasteiger partial charge in [0, 0.05) is 0 Å². The molecule has 0 radical (unpaired) electrons. The molecule has 1 aliphatic heterocycles. The van der Waals surface area contributed by atoms with Crippen LogP contribution in [0, 0.1) is 3.57 Å². The Kier molecular flexibility index (Phi) is 3.03. The van der Waals surface area contributed by atoms with Crippen molar-refractivity contribution in [2.24, 2.45) is 4.99 Å². The first-order chi connectivity index (χ1) is 10.1. The molecule has 1 N–H and O–H groups in total. The van der Waals surface area contributed by atoms with E-state index in [0.717, 1.165) is 22.9 Å². The van der Waals surface area contributed by atoms with E-state index in [0.29, 0.717) is 10.9 Å². The molecule has 1 amide bonds. The first kappa shape index (κ1) is 13.2. The van der Waals surface area contributed by atoms with E-state index in [1.165, 1.54) is 0 Å². The van der Waals surface area contributed by atoms with Gasteiger partial charge in [-0.2, -0.15) is 0 Å². The molecule has 0 spiro atoms. The van der Waals surface area contributed by atoms with Gasteiger partial charge >= 0.3 is 140 Å². The van der Waals surface area contributed by atoms with Crippen molar-refractivity contribution in [1.82, 2.24) is 0 Å². The predicted octanol–water partition coefficient (Wildman–Crippen LogP) is 1.57. The van der Waals surface area contributed by atoms with Crippen molar-refractivity contribution in [2.75, 3.05) is 0 Å². The van der Waals surface area contributed by atoms with Crippen LogP contribution in [0.15, 0.2) is 47.5 Å². The molecule has 2 aromatic carbocycles. The number of halogens is 1. The van der Waals surface area contributed by atoms with Crippen molar-refractivity contribution in [3.05, 3.63) is 61.0 Å². The fourth-order valence-corrected chi connectivity index (χ4v) is 5.41. The Hall–Kier alpha value is -1.43. The molecule has 1 aromatic heterocycles. The topological polar surface area (TPSA) is 49.7 Å². The summed E-state index contributed by atoms with van der Waals surface area (Å²) < 4.78 is 2.91. The summed E-state index contributed by atoms with van der Waals surface area (Å²) in [5, 5.41) is 12.9. The Balaban J connectivity index is 2.13. The summed E-state index contributed by atoms with van der Waals surface area (Å²) in [6, 6.07) is 13.5. The molecule has 5 heteroatoms. The second-order valence-electron chi connectivity index (χ2n) is 4.73. The third-order valence-electron chi connectivity index (χ3n) is 3.46. The molecule has 3 aromatic rings. The minimum absolute atomic E-state index is 0.0654. The summed E-state index contributed by atoms with van der Waals surface area (Å²) in [4.78, 5) is 16.4. The van der Waals surface area contributed by atoms with Crippen LogP contribution in [0.25, 0.3) is 15.2 Å². The van der Waals surface area contributed by atoms with Gasteiger partial charge in [-0.05, 0) is 0 Å². The number of hydrogen-bond acceptors (Lipinski definition) is 2. The predicted molar refractivity (Wildman–Crippen MR) is 90.0 cm³/mol. The van der Waals surface area contributed by atoms with E-state index < -0.39 is 0 Å². The van der Waals surface area contributed by atoms with Crippen LogP contribution < -0.4 is 10.6 Å². The van der Waals surface area contributed by atoms with Crippen LogP contribution in [-0.4, -0.2) is 25.5 Å². The summed E-state index contributed by atoms with van der Waals surface area (Å²) in [7, 11) is 0. The van der Waals surface area contributed by atoms with Crippen LogP contribution in [0.5, 0.6) is 5.75 Å². The second-order valence-corrected chi connectivity index (χ2v) is 8.18. The van der Waals surface area contributed by atoms with Crippen molar-refractivity contribution < 1.29 is 9.90 Å². The molecule has 0 atom stereocenters. The van der Waals surface area contributed by atoms with E-state index in [-0.39, 0.29) is 26.2 Å². The number of aromatic hydroxyl groups is 1. The van der Waals surface area contributed by atoms with Gasteiger partial charge in [-0.15, -0.1) is 0 Å². The molecule has 0 fully saturated rings. The Labute approximate surface area is 139 Å². The van der Waals surface area contributed by atoms with Gasteiger partial charge in [0.25, 0.3) is 0 Å². The molecule has 4 rings (SSSR count). The zero-order valence-corrected chi connectivity index (χ0v) is 14.5. The van der Waals surface area contributed by atoms with Gasteiger partial charge in [-0.1, -0.05) is 0 Å². The third-order valence-corrected chi connectivity index (χ3v) is 6.60. The van der Waals surface area contributed by atoms with E-state index in [9.17, 15) is 9.90 Å². The Morgan fingerprint density at radius 3 is 2.76 bits per heavy atom. The molecule has 2 heterocycles. The maximum absolute atomic E-state index is 12.3. The van der Waals surface area contributed by atoms with Crippen LogP contribution in [0.1, 0.15) is 4.44 Å². The van der Waals surface area contributed by atoms with Crippen LogP contribution >= 0.6 is 22.6 Å². The van der Waals surface area contributed by atoms with E-state index >= 15 is 0 Å². The summed E-state index contributed by atoms with van der Waals surface area (Å²) in [6.45, 7) is 0. The third kappa shape index (κ3) is 1.99. The van der Waals surface area contributed by atoms with Gasteiger partial charge in [-0.3, -0.25) is 0 Å². The molecule has 0 saturated carbocycles. The second kappa shape index (κ2) is 4.80. The molecule has 0 aliphatic carbocycles. The van der Waals surface area contributed by atoms with E-state index in [4.69, 9.17) is 0 Å². The van der Waals surface area contributed by atoms with Crippen molar-refractivity contribution in [2.45, 2.75) is 0 Å². The van der Waals surface area contributed by atoms with Crippen LogP contribution in [-0.2, 0) is 4.79 Å². The molecular weight excluding hydrogens is 444 g/mol. The van der Waals surface area contributed by atoms with Crippen molar-refractivity contribution in [1.29, 1.82) is 0 Å². The summed E-state index contributed by atoms with van der Waals surface area (Å²) in [5.41, 5.74) is 0.567. The number of benzene rings is 2. The van der Waals surface area contributed by atoms with Crippen molar-refractivity contribution >= 4 is 58.2 Å². The monoisotopic (exact) mass is 453 g/mol. The number of hydrogen-bond donors (Lipinski definition) is 1. The fourth-order valence-electron chi connectivity index (χ4n) is 2.51. The van der Waals surface area contributed by atoms with Gasteiger partial charge in [0.2, 0.25) is 0 Å².